The number of carbonyl (C=O) groups excluding carboxylic acids is 2. The van der Waals surface area contributed by atoms with Gasteiger partial charge in [-0.2, -0.15) is 0 Å². The molecule has 142 valence electrons. The lowest BCUT2D eigenvalue weighted by atomic mass is 10.2. The first kappa shape index (κ1) is 18.9. The molecule has 1 heterocycles. The molecule has 1 aliphatic heterocycles. The Morgan fingerprint density at radius 3 is 2.41 bits per heavy atom. The van der Waals surface area contributed by atoms with Gasteiger partial charge in [0, 0.05) is 26.2 Å². The molecule has 6 heteroatoms. The summed E-state index contributed by atoms with van der Waals surface area (Å²) in [6, 6.07) is 13.5. The number of rotatable bonds is 4. The van der Waals surface area contributed by atoms with Gasteiger partial charge in [0.2, 0.25) is 0 Å². The number of benzene rings is 2. The van der Waals surface area contributed by atoms with Crippen molar-refractivity contribution < 1.29 is 18.7 Å². The molecule has 0 radical (unpaired) electrons. The summed E-state index contributed by atoms with van der Waals surface area (Å²) in [4.78, 5) is 28.3. The molecule has 1 fully saturated rings. The van der Waals surface area contributed by atoms with Crippen LogP contribution in [-0.2, 0) is 4.79 Å². The molecule has 5 nitrogen and oxygen atoms in total. The minimum Gasteiger partial charge on any atom is -0.484 e. The fraction of sp³-hybridized carbons (Fsp3) is 0.333. The van der Waals surface area contributed by atoms with Crippen LogP contribution in [0.25, 0.3) is 0 Å². The summed E-state index contributed by atoms with van der Waals surface area (Å²) in [6.07, 6.45) is 0.649. The van der Waals surface area contributed by atoms with Gasteiger partial charge in [0.25, 0.3) is 11.8 Å². The van der Waals surface area contributed by atoms with E-state index < -0.39 is 5.82 Å². The number of carbonyl (C=O) groups is 2. The van der Waals surface area contributed by atoms with Gasteiger partial charge in [0.15, 0.2) is 6.61 Å². The first-order chi connectivity index (χ1) is 13.1. The third kappa shape index (κ3) is 4.64. The maximum Gasteiger partial charge on any atom is 0.260 e. The zero-order valence-electron chi connectivity index (χ0n) is 15.4. The summed E-state index contributed by atoms with van der Waals surface area (Å²) < 4.78 is 19.5. The quantitative estimate of drug-likeness (QED) is 0.832. The molecule has 0 saturated carbocycles. The van der Waals surface area contributed by atoms with Crippen molar-refractivity contribution in [1.29, 1.82) is 0 Å². The van der Waals surface area contributed by atoms with Crippen LogP contribution in [0.2, 0.25) is 0 Å². The first-order valence-electron chi connectivity index (χ1n) is 9.06. The summed E-state index contributed by atoms with van der Waals surface area (Å²) in [6.45, 7) is 3.73. The molecule has 0 spiro atoms. The smallest absolute Gasteiger partial charge is 0.260 e. The molecule has 3 rings (SSSR count). The van der Waals surface area contributed by atoms with Crippen LogP contribution in [0.5, 0.6) is 5.75 Å². The molecule has 1 aliphatic rings. The molecule has 0 N–H and O–H groups in total. The molecule has 0 atom stereocenters. The summed E-state index contributed by atoms with van der Waals surface area (Å²) >= 11 is 0. The SMILES string of the molecule is Cc1ccccc1OCC(=O)N1CCCN(C(=O)c2ccccc2F)CC1. The van der Waals surface area contributed by atoms with E-state index >= 15 is 0 Å². The lowest BCUT2D eigenvalue weighted by Gasteiger charge is -2.22. The summed E-state index contributed by atoms with van der Waals surface area (Å²) in [5.41, 5.74) is 1.04. The van der Waals surface area contributed by atoms with Crippen molar-refractivity contribution in [2.24, 2.45) is 0 Å². The van der Waals surface area contributed by atoms with Crippen molar-refractivity contribution in [3.63, 3.8) is 0 Å². The number of nitrogens with zero attached hydrogens (tertiary/aromatic N) is 2. The lowest BCUT2D eigenvalue weighted by molar-refractivity contribution is -0.133. The Kier molecular flexibility index (Phi) is 6.06. The maximum absolute atomic E-state index is 13.9. The van der Waals surface area contributed by atoms with Gasteiger partial charge in [0.05, 0.1) is 5.56 Å². The standard InChI is InChI=1S/C21H23FN2O3/c1-16-7-2-5-10-19(16)27-15-20(25)23-11-6-12-24(14-13-23)21(26)17-8-3-4-9-18(17)22/h2-5,7-10H,6,11-15H2,1H3. The van der Waals surface area contributed by atoms with E-state index in [4.69, 9.17) is 4.74 Å². The van der Waals surface area contributed by atoms with Crippen LogP contribution in [0.15, 0.2) is 48.5 Å². The number of para-hydroxylation sites is 1. The largest absolute Gasteiger partial charge is 0.484 e. The van der Waals surface area contributed by atoms with Crippen molar-refractivity contribution in [2.75, 3.05) is 32.8 Å². The van der Waals surface area contributed by atoms with E-state index in [1.807, 2.05) is 31.2 Å². The highest BCUT2D eigenvalue weighted by Gasteiger charge is 2.24. The fourth-order valence-corrected chi connectivity index (χ4v) is 3.12. The van der Waals surface area contributed by atoms with Gasteiger partial charge in [0.1, 0.15) is 11.6 Å². The first-order valence-corrected chi connectivity index (χ1v) is 9.06. The van der Waals surface area contributed by atoms with Gasteiger partial charge in [-0.15, -0.1) is 0 Å². The minimum atomic E-state index is -0.522. The highest BCUT2D eigenvalue weighted by atomic mass is 19.1. The van der Waals surface area contributed by atoms with Crippen LogP contribution in [0.4, 0.5) is 4.39 Å². The lowest BCUT2D eigenvalue weighted by Crippen LogP contribution is -2.39. The van der Waals surface area contributed by atoms with E-state index in [2.05, 4.69) is 0 Å². The number of ether oxygens (including phenoxy) is 1. The Bertz CT molecular complexity index is 825. The monoisotopic (exact) mass is 370 g/mol. The van der Waals surface area contributed by atoms with Crippen LogP contribution >= 0.6 is 0 Å². The third-order valence-electron chi connectivity index (χ3n) is 4.68. The van der Waals surface area contributed by atoms with Gasteiger partial charge in [-0.25, -0.2) is 4.39 Å². The highest BCUT2D eigenvalue weighted by Crippen LogP contribution is 2.17. The average molecular weight is 370 g/mol. The van der Waals surface area contributed by atoms with E-state index in [0.717, 1.165) is 5.56 Å². The molecular formula is C21H23FN2O3. The molecular weight excluding hydrogens is 347 g/mol. The molecule has 1 saturated heterocycles. The molecule has 2 aromatic carbocycles. The van der Waals surface area contributed by atoms with Crippen LogP contribution < -0.4 is 4.74 Å². The number of amides is 2. The van der Waals surface area contributed by atoms with Crippen molar-refractivity contribution >= 4 is 11.8 Å². The van der Waals surface area contributed by atoms with Crippen LogP contribution in [0.1, 0.15) is 22.3 Å². The van der Waals surface area contributed by atoms with E-state index in [9.17, 15) is 14.0 Å². The topological polar surface area (TPSA) is 49.9 Å². The van der Waals surface area contributed by atoms with Gasteiger partial charge in [-0.05, 0) is 37.1 Å². The second-order valence-electron chi connectivity index (χ2n) is 6.56. The van der Waals surface area contributed by atoms with Crippen molar-refractivity contribution in [3.8, 4) is 5.75 Å². The Balaban J connectivity index is 1.56. The Labute approximate surface area is 158 Å². The Morgan fingerprint density at radius 2 is 1.63 bits per heavy atom. The minimum absolute atomic E-state index is 0.0356. The average Bonchev–Trinajstić information content (AvgIpc) is 2.93. The van der Waals surface area contributed by atoms with Crippen molar-refractivity contribution in [3.05, 3.63) is 65.5 Å². The molecule has 2 aromatic rings. The number of aryl methyl sites for hydroxylation is 1. The van der Waals surface area contributed by atoms with Gasteiger partial charge in [-0.1, -0.05) is 30.3 Å². The molecule has 0 bridgehead atoms. The predicted molar refractivity (Wildman–Crippen MR) is 100 cm³/mol. The molecule has 0 aliphatic carbocycles. The highest BCUT2D eigenvalue weighted by molar-refractivity contribution is 5.94. The van der Waals surface area contributed by atoms with Crippen LogP contribution in [0.3, 0.4) is 0 Å². The number of hydrogen-bond acceptors (Lipinski definition) is 3. The van der Waals surface area contributed by atoms with E-state index in [-0.39, 0.29) is 24.0 Å². The van der Waals surface area contributed by atoms with E-state index in [1.54, 1.807) is 21.9 Å². The fourth-order valence-electron chi connectivity index (χ4n) is 3.12. The van der Waals surface area contributed by atoms with Crippen LogP contribution in [0, 0.1) is 12.7 Å². The molecule has 0 unspecified atom stereocenters. The third-order valence-corrected chi connectivity index (χ3v) is 4.68. The van der Waals surface area contributed by atoms with E-state index in [0.29, 0.717) is 38.3 Å². The maximum atomic E-state index is 13.9. The van der Waals surface area contributed by atoms with Crippen molar-refractivity contribution in [1.82, 2.24) is 9.80 Å². The number of hydrogen-bond donors (Lipinski definition) is 0. The Morgan fingerprint density at radius 1 is 0.963 bits per heavy atom. The molecule has 2 amide bonds. The molecule has 27 heavy (non-hydrogen) atoms. The van der Waals surface area contributed by atoms with E-state index in [1.165, 1.54) is 12.1 Å². The molecule has 0 aromatic heterocycles. The van der Waals surface area contributed by atoms with Gasteiger partial charge in [-0.3, -0.25) is 9.59 Å². The second-order valence-corrected chi connectivity index (χ2v) is 6.56. The zero-order chi connectivity index (χ0) is 19.2. The summed E-state index contributed by atoms with van der Waals surface area (Å²) in [5.74, 6) is -0.277. The predicted octanol–water partition coefficient (Wildman–Crippen LogP) is 2.89. The van der Waals surface area contributed by atoms with Crippen molar-refractivity contribution in [2.45, 2.75) is 13.3 Å². The zero-order valence-corrected chi connectivity index (χ0v) is 15.4. The Hall–Kier alpha value is -2.89. The van der Waals surface area contributed by atoms with Gasteiger partial charge >= 0.3 is 0 Å². The second kappa shape index (κ2) is 8.66. The summed E-state index contributed by atoms with van der Waals surface area (Å²) in [5, 5.41) is 0. The summed E-state index contributed by atoms with van der Waals surface area (Å²) in [7, 11) is 0. The normalized spacial score (nSPS) is 14.6. The number of halogens is 1. The van der Waals surface area contributed by atoms with Gasteiger partial charge < -0.3 is 14.5 Å². The van der Waals surface area contributed by atoms with Crippen LogP contribution in [-0.4, -0.2) is 54.4 Å².